The highest BCUT2D eigenvalue weighted by Crippen LogP contribution is 2.38. The molecule has 2 aliphatic rings. The van der Waals surface area contributed by atoms with Crippen LogP contribution >= 0.6 is 12.4 Å². The van der Waals surface area contributed by atoms with Crippen LogP contribution in [0.25, 0.3) is 0 Å². The number of benzene rings is 1. The summed E-state index contributed by atoms with van der Waals surface area (Å²) in [6.07, 6.45) is 5.66. The van der Waals surface area contributed by atoms with E-state index >= 15 is 0 Å². The molecule has 2 fully saturated rings. The number of halogens is 1. The number of nitrogens with one attached hydrogen (secondary N) is 1. The summed E-state index contributed by atoms with van der Waals surface area (Å²) in [5.74, 6) is 2.61. The van der Waals surface area contributed by atoms with Gasteiger partial charge in [0.15, 0.2) is 0 Å². The maximum Gasteiger partial charge on any atom is 0.237 e. The zero-order valence-corrected chi connectivity index (χ0v) is 18.8. The van der Waals surface area contributed by atoms with Crippen molar-refractivity contribution in [2.45, 2.75) is 38.1 Å². The lowest BCUT2D eigenvalue weighted by Crippen LogP contribution is -2.43. The minimum atomic E-state index is 0. The first-order valence-corrected chi connectivity index (χ1v) is 10.5. The maximum absolute atomic E-state index is 13.1. The molecule has 0 aliphatic carbocycles. The van der Waals surface area contributed by atoms with Gasteiger partial charge in [-0.2, -0.15) is 0 Å². The van der Waals surface area contributed by atoms with Crippen molar-refractivity contribution in [2.75, 3.05) is 54.0 Å². The van der Waals surface area contributed by atoms with E-state index in [2.05, 4.69) is 15.1 Å². The van der Waals surface area contributed by atoms with Crippen molar-refractivity contribution < 1.29 is 14.3 Å². The number of methoxy groups -OCH3 is 2. The molecule has 2 heterocycles. The third-order valence-electron chi connectivity index (χ3n) is 6.24. The largest absolute Gasteiger partial charge is 0.497 e. The van der Waals surface area contributed by atoms with Crippen LogP contribution in [0.2, 0.25) is 0 Å². The van der Waals surface area contributed by atoms with E-state index in [0.717, 1.165) is 62.0 Å². The molecule has 1 amide bonds. The summed E-state index contributed by atoms with van der Waals surface area (Å²) in [4.78, 5) is 17.5. The van der Waals surface area contributed by atoms with Crippen molar-refractivity contribution in [1.29, 1.82) is 0 Å². The van der Waals surface area contributed by atoms with Gasteiger partial charge in [-0.3, -0.25) is 9.69 Å². The molecule has 2 saturated heterocycles. The van der Waals surface area contributed by atoms with Crippen molar-refractivity contribution in [2.24, 2.45) is 5.92 Å². The Bertz CT molecular complexity index is 650. The predicted octanol–water partition coefficient (Wildman–Crippen LogP) is 3.11. The van der Waals surface area contributed by atoms with Gasteiger partial charge in [-0.05, 0) is 76.8 Å². The quantitative estimate of drug-likeness (QED) is 0.693. The lowest BCUT2D eigenvalue weighted by molar-refractivity contribution is -0.133. The van der Waals surface area contributed by atoms with Gasteiger partial charge in [-0.15, -0.1) is 12.4 Å². The highest BCUT2D eigenvalue weighted by Gasteiger charge is 2.33. The number of hydrogen-bond acceptors (Lipinski definition) is 5. The second-order valence-electron chi connectivity index (χ2n) is 7.96. The number of carbonyl (C=O) groups excluding carboxylic acids is 1. The normalized spacial score (nSPS) is 20.4. The minimum absolute atomic E-state index is 0. The Morgan fingerprint density at radius 1 is 1.14 bits per heavy atom. The first kappa shape index (κ1) is 23.8. The van der Waals surface area contributed by atoms with E-state index in [4.69, 9.17) is 9.47 Å². The van der Waals surface area contributed by atoms with E-state index in [1.54, 1.807) is 14.2 Å². The second kappa shape index (κ2) is 11.6. The Hall–Kier alpha value is -1.50. The van der Waals surface area contributed by atoms with Crippen molar-refractivity contribution in [3.63, 3.8) is 0 Å². The minimum Gasteiger partial charge on any atom is -0.497 e. The highest BCUT2D eigenvalue weighted by molar-refractivity contribution is 5.85. The average molecular weight is 426 g/mol. The summed E-state index contributed by atoms with van der Waals surface area (Å²) < 4.78 is 10.9. The molecule has 0 radical (unpaired) electrons. The van der Waals surface area contributed by atoms with Crippen LogP contribution in [0.15, 0.2) is 18.2 Å². The van der Waals surface area contributed by atoms with E-state index in [9.17, 15) is 4.79 Å². The van der Waals surface area contributed by atoms with E-state index in [0.29, 0.717) is 6.54 Å². The van der Waals surface area contributed by atoms with Gasteiger partial charge >= 0.3 is 0 Å². The number of hydrogen-bond donors (Lipinski definition) is 1. The van der Waals surface area contributed by atoms with E-state index in [1.165, 1.54) is 19.3 Å². The molecule has 6 nitrogen and oxygen atoms in total. The molecule has 1 atom stereocenters. The van der Waals surface area contributed by atoms with Gasteiger partial charge in [0.1, 0.15) is 11.5 Å². The Balaban J connectivity index is 0.00000300. The molecule has 3 rings (SSSR count). The van der Waals surface area contributed by atoms with Gasteiger partial charge in [0.05, 0.1) is 26.8 Å². The zero-order valence-electron chi connectivity index (χ0n) is 18.0. The van der Waals surface area contributed by atoms with Crippen molar-refractivity contribution in [3.05, 3.63) is 23.8 Å². The van der Waals surface area contributed by atoms with Crippen LogP contribution in [0.5, 0.6) is 11.5 Å². The van der Waals surface area contributed by atoms with Gasteiger partial charge in [0.2, 0.25) is 5.91 Å². The summed E-state index contributed by atoms with van der Waals surface area (Å²) in [6, 6.07) is 6.00. The number of ether oxygens (including phenoxy) is 2. The maximum atomic E-state index is 13.1. The van der Waals surface area contributed by atoms with Crippen molar-refractivity contribution >= 4 is 18.3 Å². The van der Waals surface area contributed by atoms with Crippen LogP contribution in [0.1, 0.15) is 43.7 Å². The fraction of sp³-hybridized carbons (Fsp3) is 0.682. The number of likely N-dealkylation sites (tertiary alicyclic amines) is 2. The van der Waals surface area contributed by atoms with E-state index in [-0.39, 0.29) is 24.4 Å². The van der Waals surface area contributed by atoms with Gasteiger partial charge in [-0.25, -0.2) is 0 Å². The predicted molar refractivity (Wildman–Crippen MR) is 118 cm³/mol. The Morgan fingerprint density at radius 3 is 2.55 bits per heavy atom. The van der Waals surface area contributed by atoms with Gasteiger partial charge in [0.25, 0.3) is 0 Å². The molecular formula is C22H36ClN3O3. The molecule has 1 aromatic rings. The highest BCUT2D eigenvalue weighted by atomic mass is 35.5. The molecule has 1 unspecified atom stereocenters. The van der Waals surface area contributed by atoms with Crippen LogP contribution in [0, 0.1) is 5.92 Å². The van der Waals surface area contributed by atoms with Crippen LogP contribution < -0.4 is 14.8 Å². The number of amides is 1. The fourth-order valence-corrected chi connectivity index (χ4v) is 4.55. The summed E-state index contributed by atoms with van der Waals surface area (Å²) in [7, 11) is 5.34. The third kappa shape index (κ3) is 6.00. The standard InChI is InChI=1S/C22H35N3O3.ClH/c1-23-11-8-17-9-13-24(14-10-17)16-22(26)25-12-4-5-20(25)19-7-6-18(27-2)15-21(19)28-3;/h6-7,15,17,20,23H,4-5,8-14,16H2,1-3H3;1H. The molecule has 2 aliphatic heterocycles. The lowest BCUT2D eigenvalue weighted by Gasteiger charge is -2.34. The van der Waals surface area contributed by atoms with Crippen LogP contribution in [-0.2, 0) is 4.79 Å². The average Bonchev–Trinajstić information content (AvgIpc) is 3.22. The first-order chi connectivity index (χ1) is 13.7. The molecule has 0 saturated carbocycles. The molecular weight excluding hydrogens is 390 g/mol. The van der Waals surface area contributed by atoms with Crippen molar-refractivity contribution in [1.82, 2.24) is 15.1 Å². The number of nitrogens with zero attached hydrogens (tertiary/aromatic N) is 2. The van der Waals surface area contributed by atoms with E-state index in [1.807, 2.05) is 25.2 Å². The molecule has 0 spiro atoms. The van der Waals surface area contributed by atoms with Crippen LogP contribution in [0.4, 0.5) is 0 Å². The number of rotatable bonds is 8. The molecule has 0 bridgehead atoms. The summed E-state index contributed by atoms with van der Waals surface area (Å²) in [6.45, 7) is 4.52. The summed E-state index contributed by atoms with van der Waals surface area (Å²) in [5, 5.41) is 3.24. The molecule has 29 heavy (non-hydrogen) atoms. The summed E-state index contributed by atoms with van der Waals surface area (Å²) >= 11 is 0. The smallest absolute Gasteiger partial charge is 0.237 e. The van der Waals surface area contributed by atoms with Gasteiger partial charge < -0.3 is 19.7 Å². The Kier molecular flexibility index (Phi) is 9.53. The molecule has 7 heteroatoms. The molecule has 0 aromatic heterocycles. The van der Waals surface area contributed by atoms with Crippen molar-refractivity contribution in [3.8, 4) is 11.5 Å². The van der Waals surface area contributed by atoms with Crippen LogP contribution in [-0.4, -0.2) is 69.7 Å². The lowest BCUT2D eigenvalue weighted by atomic mass is 9.93. The zero-order chi connectivity index (χ0) is 19.9. The number of carbonyl (C=O) groups is 1. The van der Waals surface area contributed by atoms with Gasteiger partial charge in [0, 0.05) is 18.2 Å². The second-order valence-corrected chi connectivity index (χ2v) is 7.96. The summed E-state index contributed by atoms with van der Waals surface area (Å²) in [5.41, 5.74) is 1.08. The Morgan fingerprint density at radius 2 is 1.90 bits per heavy atom. The SMILES string of the molecule is CNCCC1CCN(CC(=O)N2CCCC2c2ccc(OC)cc2OC)CC1.Cl. The topological polar surface area (TPSA) is 54.0 Å². The van der Waals surface area contributed by atoms with Gasteiger partial charge in [-0.1, -0.05) is 0 Å². The van der Waals surface area contributed by atoms with E-state index < -0.39 is 0 Å². The molecule has 164 valence electrons. The fourth-order valence-electron chi connectivity index (χ4n) is 4.55. The first-order valence-electron chi connectivity index (χ1n) is 10.5. The molecule has 1 aromatic carbocycles. The number of piperidine rings is 1. The van der Waals surface area contributed by atoms with Crippen LogP contribution in [0.3, 0.4) is 0 Å². The third-order valence-corrected chi connectivity index (χ3v) is 6.24. The monoisotopic (exact) mass is 425 g/mol. The molecule has 1 N–H and O–H groups in total. The Labute approximate surface area is 181 Å².